The summed E-state index contributed by atoms with van der Waals surface area (Å²) in [6.45, 7) is 4.76. The maximum Gasteiger partial charge on any atom is 0.254 e. The number of hydrogen-bond donors (Lipinski definition) is 0. The van der Waals surface area contributed by atoms with E-state index in [4.69, 9.17) is 9.47 Å². The number of amides is 1. The van der Waals surface area contributed by atoms with Gasteiger partial charge in [0.05, 0.1) is 12.7 Å². The topological polar surface area (TPSA) is 42.0 Å². The summed E-state index contributed by atoms with van der Waals surface area (Å²) in [6.07, 6.45) is 4.26. The van der Waals surface area contributed by atoms with Crippen molar-refractivity contribution in [2.45, 2.75) is 45.3 Å². The van der Waals surface area contributed by atoms with Crippen LogP contribution in [0.3, 0.4) is 0 Å². The summed E-state index contributed by atoms with van der Waals surface area (Å²) in [5, 5.41) is 0. The van der Waals surface area contributed by atoms with E-state index in [0.717, 1.165) is 49.3 Å². The van der Waals surface area contributed by atoms with Crippen molar-refractivity contribution in [3.05, 3.63) is 59.7 Å². The van der Waals surface area contributed by atoms with Gasteiger partial charge in [0.15, 0.2) is 0 Å². The minimum absolute atomic E-state index is 0.0168. The van der Waals surface area contributed by atoms with E-state index in [1.165, 1.54) is 0 Å². The van der Waals surface area contributed by atoms with Crippen LogP contribution >= 0.6 is 0 Å². The van der Waals surface area contributed by atoms with Crippen molar-refractivity contribution in [2.24, 2.45) is 0 Å². The Bertz CT molecular complexity index is 798. The largest absolute Gasteiger partial charge is 0.494 e. The van der Waals surface area contributed by atoms with Crippen LogP contribution in [-0.2, 0) is 11.3 Å². The summed E-state index contributed by atoms with van der Waals surface area (Å²) < 4.78 is 11.6. The van der Waals surface area contributed by atoms with Gasteiger partial charge in [-0.15, -0.1) is 0 Å². The molecule has 1 fully saturated rings. The third-order valence-electron chi connectivity index (χ3n) is 5.41. The molecule has 0 saturated carbocycles. The predicted molar refractivity (Wildman–Crippen MR) is 121 cm³/mol. The lowest BCUT2D eigenvalue weighted by Gasteiger charge is -2.26. The molecule has 0 bridgehead atoms. The highest BCUT2D eigenvalue weighted by molar-refractivity contribution is 5.94. The third kappa shape index (κ3) is 6.23. The van der Waals surface area contributed by atoms with Crippen molar-refractivity contribution in [3.8, 4) is 5.75 Å². The Morgan fingerprint density at radius 3 is 2.63 bits per heavy atom. The first-order chi connectivity index (χ1) is 14.6. The third-order valence-corrected chi connectivity index (χ3v) is 5.41. The molecule has 1 aliphatic heterocycles. The fourth-order valence-corrected chi connectivity index (χ4v) is 3.61. The Morgan fingerprint density at radius 2 is 1.97 bits per heavy atom. The monoisotopic (exact) mass is 410 g/mol. The van der Waals surface area contributed by atoms with Gasteiger partial charge in [0.1, 0.15) is 5.75 Å². The zero-order valence-corrected chi connectivity index (χ0v) is 18.5. The maximum atomic E-state index is 13.4. The van der Waals surface area contributed by atoms with Crippen LogP contribution in [0.4, 0.5) is 5.69 Å². The summed E-state index contributed by atoms with van der Waals surface area (Å²) in [6, 6.07) is 15.9. The second kappa shape index (κ2) is 11.0. The van der Waals surface area contributed by atoms with Crippen LogP contribution in [0.1, 0.15) is 48.5 Å². The van der Waals surface area contributed by atoms with E-state index in [2.05, 4.69) is 36.1 Å². The van der Waals surface area contributed by atoms with Crippen LogP contribution in [0.15, 0.2) is 48.5 Å². The van der Waals surface area contributed by atoms with Gasteiger partial charge < -0.3 is 19.3 Å². The summed E-state index contributed by atoms with van der Waals surface area (Å²) >= 11 is 0. The number of carbonyl (C=O) groups excluding carboxylic acids is 1. The molecule has 1 aliphatic rings. The van der Waals surface area contributed by atoms with Gasteiger partial charge in [0, 0.05) is 45.0 Å². The molecule has 0 N–H and O–H groups in total. The molecule has 5 heteroatoms. The lowest BCUT2D eigenvalue weighted by Crippen LogP contribution is -2.37. The molecule has 1 amide bonds. The van der Waals surface area contributed by atoms with Crippen molar-refractivity contribution in [2.75, 3.05) is 38.8 Å². The van der Waals surface area contributed by atoms with Crippen molar-refractivity contribution in [3.63, 3.8) is 0 Å². The van der Waals surface area contributed by atoms with Crippen LogP contribution in [-0.4, -0.2) is 50.8 Å². The zero-order chi connectivity index (χ0) is 21.3. The Balaban J connectivity index is 1.75. The minimum Gasteiger partial charge on any atom is -0.494 e. The normalized spacial score (nSPS) is 15.8. The Morgan fingerprint density at radius 1 is 1.17 bits per heavy atom. The first-order valence-corrected chi connectivity index (χ1v) is 11.0. The molecule has 0 spiro atoms. The molecule has 2 aromatic rings. The average molecular weight is 411 g/mol. The molecule has 162 valence electrons. The van der Waals surface area contributed by atoms with E-state index in [0.29, 0.717) is 25.3 Å². The Hall–Kier alpha value is -2.53. The fraction of sp³-hybridized carbons (Fsp3) is 0.480. The second-order valence-electron chi connectivity index (χ2n) is 8.11. The number of benzene rings is 2. The molecule has 1 unspecified atom stereocenters. The average Bonchev–Trinajstić information content (AvgIpc) is 3.27. The van der Waals surface area contributed by atoms with Gasteiger partial charge in [-0.05, 0) is 55.2 Å². The summed E-state index contributed by atoms with van der Waals surface area (Å²) in [4.78, 5) is 17.4. The van der Waals surface area contributed by atoms with Crippen molar-refractivity contribution in [1.29, 1.82) is 0 Å². The van der Waals surface area contributed by atoms with Gasteiger partial charge >= 0.3 is 0 Å². The van der Waals surface area contributed by atoms with E-state index in [1.807, 2.05) is 43.3 Å². The molecular formula is C25H34N2O3. The van der Waals surface area contributed by atoms with Crippen LogP contribution in [0.5, 0.6) is 5.75 Å². The van der Waals surface area contributed by atoms with Crippen LogP contribution in [0.2, 0.25) is 0 Å². The Kier molecular flexibility index (Phi) is 8.14. The number of anilines is 1. The van der Waals surface area contributed by atoms with Crippen molar-refractivity contribution < 1.29 is 14.3 Å². The van der Waals surface area contributed by atoms with E-state index in [1.54, 1.807) is 0 Å². The predicted octanol–water partition coefficient (Wildman–Crippen LogP) is 4.75. The summed E-state index contributed by atoms with van der Waals surface area (Å²) in [7, 11) is 4.05. The van der Waals surface area contributed by atoms with Crippen molar-refractivity contribution in [1.82, 2.24) is 4.90 Å². The van der Waals surface area contributed by atoms with Crippen LogP contribution in [0, 0.1) is 0 Å². The highest BCUT2D eigenvalue weighted by Crippen LogP contribution is 2.21. The molecule has 1 atom stereocenters. The van der Waals surface area contributed by atoms with Gasteiger partial charge in [0.25, 0.3) is 5.91 Å². The highest BCUT2D eigenvalue weighted by Gasteiger charge is 2.24. The molecule has 1 heterocycles. The van der Waals surface area contributed by atoms with Gasteiger partial charge in [-0.2, -0.15) is 0 Å². The lowest BCUT2D eigenvalue weighted by molar-refractivity contribution is 0.0507. The summed E-state index contributed by atoms with van der Waals surface area (Å²) in [5.41, 5.74) is 2.92. The number of rotatable bonds is 10. The Labute approximate surface area is 180 Å². The number of ether oxygens (including phenoxy) is 2. The van der Waals surface area contributed by atoms with Crippen molar-refractivity contribution >= 4 is 11.6 Å². The minimum atomic E-state index is 0.0168. The van der Waals surface area contributed by atoms with Gasteiger partial charge in [-0.1, -0.05) is 31.5 Å². The van der Waals surface area contributed by atoms with Gasteiger partial charge in [-0.3, -0.25) is 4.79 Å². The zero-order valence-electron chi connectivity index (χ0n) is 18.5. The molecule has 1 saturated heterocycles. The second-order valence-corrected chi connectivity index (χ2v) is 8.11. The highest BCUT2D eigenvalue weighted by atomic mass is 16.5. The van der Waals surface area contributed by atoms with E-state index < -0.39 is 0 Å². The van der Waals surface area contributed by atoms with E-state index in [-0.39, 0.29) is 12.0 Å². The molecule has 0 aromatic heterocycles. The molecular weight excluding hydrogens is 376 g/mol. The standard InChI is InChI=1S/C25H34N2O3/c1-4-5-15-29-23-9-6-8-21(17-23)25(28)27(19-24-10-7-16-30-24)18-20-11-13-22(14-12-20)26(2)3/h6,8-9,11-14,17,24H,4-5,7,10,15-16,18-19H2,1-3H3. The molecule has 30 heavy (non-hydrogen) atoms. The van der Waals surface area contributed by atoms with E-state index in [9.17, 15) is 4.79 Å². The molecule has 5 nitrogen and oxygen atoms in total. The lowest BCUT2D eigenvalue weighted by atomic mass is 10.1. The maximum absolute atomic E-state index is 13.4. The SMILES string of the molecule is CCCCOc1cccc(C(=O)N(Cc2ccc(N(C)C)cc2)CC2CCCO2)c1. The first-order valence-electron chi connectivity index (χ1n) is 11.0. The number of hydrogen-bond acceptors (Lipinski definition) is 4. The molecule has 0 aliphatic carbocycles. The molecule has 0 radical (unpaired) electrons. The van der Waals surface area contributed by atoms with Gasteiger partial charge in [-0.25, -0.2) is 0 Å². The van der Waals surface area contributed by atoms with Gasteiger partial charge in [0.2, 0.25) is 0 Å². The molecule has 3 rings (SSSR count). The smallest absolute Gasteiger partial charge is 0.254 e. The quantitative estimate of drug-likeness (QED) is 0.530. The first kappa shape index (κ1) is 22.2. The van der Waals surface area contributed by atoms with E-state index >= 15 is 0 Å². The van der Waals surface area contributed by atoms with Crippen LogP contribution in [0.25, 0.3) is 0 Å². The number of nitrogens with zero attached hydrogens (tertiary/aromatic N) is 2. The number of unbranched alkanes of at least 4 members (excludes halogenated alkanes) is 1. The van der Waals surface area contributed by atoms with Crippen LogP contribution < -0.4 is 9.64 Å². The number of carbonyl (C=O) groups is 1. The summed E-state index contributed by atoms with van der Waals surface area (Å²) in [5.74, 6) is 0.768. The fourth-order valence-electron chi connectivity index (χ4n) is 3.61. The molecule has 2 aromatic carbocycles.